The molecule has 1 amide bonds. The summed E-state index contributed by atoms with van der Waals surface area (Å²) in [6.07, 6.45) is 4.15. The Morgan fingerprint density at radius 1 is 1.26 bits per heavy atom. The van der Waals surface area contributed by atoms with Gasteiger partial charge in [-0.3, -0.25) is 9.79 Å². The van der Waals surface area contributed by atoms with E-state index in [4.69, 9.17) is 4.74 Å². The maximum Gasteiger partial charge on any atom is 0.224 e. The smallest absolute Gasteiger partial charge is 0.224 e. The molecule has 0 aromatic heterocycles. The van der Waals surface area contributed by atoms with Gasteiger partial charge in [0.25, 0.3) is 0 Å². The van der Waals surface area contributed by atoms with Crippen LogP contribution in [0.2, 0.25) is 0 Å². The van der Waals surface area contributed by atoms with E-state index in [2.05, 4.69) is 15.6 Å². The van der Waals surface area contributed by atoms with E-state index in [0.29, 0.717) is 19.1 Å². The summed E-state index contributed by atoms with van der Waals surface area (Å²) >= 11 is 0. The zero-order chi connectivity index (χ0) is 16.2. The summed E-state index contributed by atoms with van der Waals surface area (Å²) in [5.74, 6) is 0.973. The number of aliphatic imine (C=N–C) groups is 1. The first-order valence-electron chi connectivity index (χ1n) is 8.62. The Morgan fingerprint density at radius 2 is 2.00 bits per heavy atom. The highest BCUT2D eigenvalue weighted by atomic mass is 127. The van der Waals surface area contributed by atoms with Gasteiger partial charge in [-0.1, -0.05) is 0 Å². The number of hydrogen-bond acceptors (Lipinski definition) is 3. The molecule has 1 aliphatic heterocycles. The van der Waals surface area contributed by atoms with Crippen LogP contribution >= 0.6 is 24.0 Å². The van der Waals surface area contributed by atoms with Crippen molar-refractivity contribution in [3.8, 4) is 0 Å². The van der Waals surface area contributed by atoms with Crippen LogP contribution in [-0.4, -0.2) is 62.2 Å². The Kier molecular flexibility index (Phi) is 13.5. The molecule has 136 valence electrons. The molecule has 0 radical (unpaired) electrons. The third-order valence-electron chi connectivity index (χ3n) is 3.84. The third kappa shape index (κ3) is 9.34. The average Bonchev–Trinajstić information content (AvgIpc) is 3.02. The summed E-state index contributed by atoms with van der Waals surface area (Å²) in [5.41, 5.74) is 0. The highest BCUT2D eigenvalue weighted by Crippen LogP contribution is 2.14. The van der Waals surface area contributed by atoms with Crippen molar-refractivity contribution in [1.82, 2.24) is 15.5 Å². The summed E-state index contributed by atoms with van der Waals surface area (Å²) in [6, 6.07) is 0. The second-order valence-corrected chi connectivity index (χ2v) is 5.43. The van der Waals surface area contributed by atoms with Crippen LogP contribution in [0.4, 0.5) is 0 Å². The van der Waals surface area contributed by atoms with E-state index < -0.39 is 0 Å². The first-order valence-corrected chi connectivity index (χ1v) is 8.62. The van der Waals surface area contributed by atoms with Crippen molar-refractivity contribution in [2.24, 2.45) is 4.99 Å². The minimum atomic E-state index is 0. The molecule has 0 saturated carbocycles. The zero-order valence-electron chi connectivity index (χ0n) is 14.8. The summed E-state index contributed by atoms with van der Waals surface area (Å²) < 4.78 is 5.60. The van der Waals surface area contributed by atoms with Crippen molar-refractivity contribution in [2.45, 2.75) is 52.6 Å². The number of nitrogens with one attached hydrogen (secondary N) is 2. The summed E-state index contributed by atoms with van der Waals surface area (Å²) in [6.45, 7) is 10.7. The van der Waals surface area contributed by atoms with Gasteiger partial charge in [-0.15, -0.1) is 24.0 Å². The first kappa shape index (κ1) is 22.4. The van der Waals surface area contributed by atoms with E-state index in [1.165, 1.54) is 6.42 Å². The summed E-state index contributed by atoms with van der Waals surface area (Å²) in [5, 5.41) is 6.44. The standard InChI is InChI=1S/C16H32N4O2.HI/c1-4-17-16(18-11-9-14-8-7-13-22-14)19-12-10-15(21)20(5-2)6-3;/h14H,4-13H2,1-3H3,(H2,17,18,19);1H. The van der Waals surface area contributed by atoms with Crippen LogP contribution in [0.3, 0.4) is 0 Å². The van der Waals surface area contributed by atoms with Gasteiger partial charge in [0.1, 0.15) is 0 Å². The quantitative estimate of drug-likeness (QED) is 0.327. The fraction of sp³-hybridized carbons (Fsp3) is 0.875. The lowest BCUT2D eigenvalue weighted by molar-refractivity contribution is -0.130. The van der Waals surface area contributed by atoms with Gasteiger partial charge in [-0.2, -0.15) is 0 Å². The Labute approximate surface area is 157 Å². The van der Waals surface area contributed by atoms with Crippen LogP contribution in [0.25, 0.3) is 0 Å². The molecule has 0 aromatic rings. The lowest BCUT2D eigenvalue weighted by atomic mass is 10.2. The fourth-order valence-corrected chi connectivity index (χ4v) is 2.56. The van der Waals surface area contributed by atoms with Crippen LogP contribution in [0.5, 0.6) is 0 Å². The van der Waals surface area contributed by atoms with E-state index in [9.17, 15) is 4.79 Å². The molecule has 1 heterocycles. The number of nitrogens with zero attached hydrogens (tertiary/aromatic N) is 2. The molecular formula is C16H33IN4O2. The van der Waals surface area contributed by atoms with Gasteiger partial charge in [0.15, 0.2) is 5.96 Å². The lowest BCUT2D eigenvalue weighted by Gasteiger charge is -2.19. The van der Waals surface area contributed by atoms with Gasteiger partial charge in [0, 0.05) is 45.8 Å². The minimum absolute atomic E-state index is 0. The molecule has 1 unspecified atom stereocenters. The first-order chi connectivity index (χ1) is 10.7. The number of guanidine groups is 1. The molecule has 2 N–H and O–H groups in total. The molecule has 0 bridgehead atoms. The molecule has 1 aliphatic rings. The fourth-order valence-electron chi connectivity index (χ4n) is 2.56. The Hall–Kier alpha value is -0.570. The Morgan fingerprint density at radius 3 is 2.57 bits per heavy atom. The number of amides is 1. The maximum atomic E-state index is 11.9. The van der Waals surface area contributed by atoms with Crippen molar-refractivity contribution >= 4 is 35.8 Å². The highest BCUT2D eigenvalue weighted by molar-refractivity contribution is 14.0. The van der Waals surface area contributed by atoms with Gasteiger partial charge in [0.2, 0.25) is 5.91 Å². The van der Waals surface area contributed by atoms with E-state index in [-0.39, 0.29) is 29.9 Å². The van der Waals surface area contributed by atoms with Gasteiger partial charge in [-0.05, 0) is 40.0 Å². The normalized spacial score (nSPS) is 17.5. The molecule has 1 atom stereocenters. The molecular weight excluding hydrogens is 407 g/mol. The van der Waals surface area contributed by atoms with E-state index in [1.807, 2.05) is 25.7 Å². The SMILES string of the molecule is CCNC(=NCCC1CCCO1)NCCC(=O)N(CC)CC.I. The molecule has 6 nitrogen and oxygen atoms in total. The highest BCUT2D eigenvalue weighted by Gasteiger charge is 2.14. The molecule has 0 aromatic carbocycles. The van der Waals surface area contributed by atoms with Gasteiger partial charge < -0.3 is 20.3 Å². The predicted octanol–water partition coefficient (Wildman–Crippen LogP) is 1.99. The van der Waals surface area contributed by atoms with E-state index in [0.717, 1.165) is 51.6 Å². The van der Waals surface area contributed by atoms with E-state index >= 15 is 0 Å². The number of ether oxygens (including phenoxy) is 1. The molecule has 7 heteroatoms. The number of carbonyl (C=O) groups is 1. The predicted molar refractivity (Wildman–Crippen MR) is 106 cm³/mol. The molecule has 23 heavy (non-hydrogen) atoms. The zero-order valence-corrected chi connectivity index (χ0v) is 17.1. The molecule has 1 fully saturated rings. The summed E-state index contributed by atoms with van der Waals surface area (Å²) in [7, 11) is 0. The van der Waals surface area contributed by atoms with Gasteiger partial charge in [0.05, 0.1) is 6.10 Å². The van der Waals surface area contributed by atoms with Crippen molar-refractivity contribution < 1.29 is 9.53 Å². The van der Waals surface area contributed by atoms with Crippen molar-refractivity contribution in [3.05, 3.63) is 0 Å². The Balaban J connectivity index is 0.00000484. The van der Waals surface area contributed by atoms with Crippen LogP contribution < -0.4 is 10.6 Å². The number of carbonyl (C=O) groups excluding carboxylic acids is 1. The maximum absolute atomic E-state index is 11.9. The molecule has 0 aliphatic carbocycles. The Bertz CT molecular complexity index is 343. The van der Waals surface area contributed by atoms with Crippen LogP contribution in [0.1, 0.15) is 46.5 Å². The monoisotopic (exact) mass is 440 g/mol. The number of halogens is 1. The topological polar surface area (TPSA) is 66.0 Å². The minimum Gasteiger partial charge on any atom is -0.378 e. The van der Waals surface area contributed by atoms with Crippen molar-refractivity contribution in [2.75, 3.05) is 39.3 Å². The second kappa shape index (κ2) is 13.8. The average molecular weight is 440 g/mol. The van der Waals surface area contributed by atoms with Crippen LogP contribution in [0, 0.1) is 0 Å². The van der Waals surface area contributed by atoms with Crippen LogP contribution in [0.15, 0.2) is 4.99 Å². The molecule has 1 rings (SSSR count). The molecule has 0 spiro atoms. The van der Waals surface area contributed by atoms with E-state index in [1.54, 1.807) is 0 Å². The molecule has 1 saturated heterocycles. The van der Waals surface area contributed by atoms with Crippen molar-refractivity contribution in [3.63, 3.8) is 0 Å². The number of rotatable bonds is 9. The third-order valence-corrected chi connectivity index (χ3v) is 3.84. The lowest BCUT2D eigenvalue weighted by Crippen LogP contribution is -2.40. The number of hydrogen-bond donors (Lipinski definition) is 2. The van der Waals surface area contributed by atoms with Gasteiger partial charge >= 0.3 is 0 Å². The largest absolute Gasteiger partial charge is 0.378 e. The summed E-state index contributed by atoms with van der Waals surface area (Å²) in [4.78, 5) is 18.3. The van der Waals surface area contributed by atoms with Gasteiger partial charge in [-0.25, -0.2) is 0 Å². The van der Waals surface area contributed by atoms with Crippen molar-refractivity contribution in [1.29, 1.82) is 0 Å². The second-order valence-electron chi connectivity index (χ2n) is 5.43. The van der Waals surface area contributed by atoms with Crippen LogP contribution in [-0.2, 0) is 9.53 Å².